The highest BCUT2D eigenvalue weighted by molar-refractivity contribution is 6.23. The van der Waals surface area contributed by atoms with E-state index in [1.807, 2.05) is 19.9 Å². The molecule has 1 saturated carbocycles. The molecule has 3 amide bonds. The Bertz CT molecular complexity index is 790. The van der Waals surface area contributed by atoms with E-state index in [9.17, 15) is 14.4 Å². The van der Waals surface area contributed by atoms with Crippen LogP contribution in [-0.2, 0) is 14.4 Å². The molecule has 0 radical (unpaired) electrons. The number of amides is 3. The fourth-order valence-electron chi connectivity index (χ4n) is 4.22. The van der Waals surface area contributed by atoms with Crippen LogP contribution in [0.2, 0.25) is 0 Å². The minimum Gasteiger partial charge on any atom is -0.327 e. The number of nitrogens with zero attached hydrogens (tertiary/aromatic N) is 3. The van der Waals surface area contributed by atoms with Crippen molar-refractivity contribution in [3.05, 3.63) is 29.8 Å². The van der Waals surface area contributed by atoms with Crippen molar-refractivity contribution in [2.75, 3.05) is 4.90 Å². The van der Waals surface area contributed by atoms with Crippen LogP contribution >= 0.6 is 0 Å². The number of hydrogen-bond acceptors (Lipinski definition) is 4. The standard InChI is InChI=1S/C22H27N3O3/c1-3-15(2)24(21(27)17-7-5-4-6-8-17)19-13-20(26)25(22(19)28)18-11-9-16(14-23)10-12-18/h9-12,15,17,19H,3-8,13H2,1-2H3. The Balaban J connectivity index is 1.86. The monoisotopic (exact) mass is 381 g/mol. The van der Waals surface area contributed by atoms with Crippen LogP contribution in [0, 0.1) is 17.2 Å². The molecule has 0 spiro atoms. The van der Waals surface area contributed by atoms with E-state index in [-0.39, 0.29) is 36.1 Å². The summed E-state index contributed by atoms with van der Waals surface area (Å²) in [6.45, 7) is 3.94. The molecular formula is C22H27N3O3. The molecule has 148 valence electrons. The summed E-state index contributed by atoms with van der Waals surface area (Å²) in [6, 6.07) is 7.56. The van der Waals surface area contributed by atoms with Gasteiger partial charge in [-0.25, -0.2) is 4.90 Å². The van der Waals surface area contributed by atoms with Crippen LogP contribution in [0.1, 0.15) is 64.4 Å². The third-order valence-corrected chi connectivity index (χ3v) is 5.99. The zero-order chi connectivity index (χ0) is 20.3. The van der Waals surface area contributed by atoms with Crippen molar-refractivity contribution in [3.8, 4) is 6.07 Å². The van der Waals surface area contributed by atoms with E-state index in [1.54, 1.807) is 29.2 Å². The van der Waals surface area contributed by atoms with E-state index in [2.05, 4.69) is 0 Å². The number of carbonyl (C=O) groups is 3. The predicted octanol–water partition coefficient (Wildman–Crippen LogP) is 3.40. The highest BCUT2D eigenvalue weighted by Crippen LogP contribution is 2.32. The Morgan fingerprint density at radius 3 is 2.43 bits per heavy atom. The second-order valence-electron chi connectivity index (χ2n) is 7.78. The van der Waals surface area contributed by atoms with Crippen LogP contribution in [-0.4, -0.2) is 34.7 Å². The first-order valence-corrected chi connectivity index (χ1v) is 10.2. The molecular weight excluding hydrogens is 354 g/mol. The molecule has 1 aliphatic carbocycles. The summed E-state index contributed by atoms with van der Waals surface area (Å²) in [7, 11) is 0. The SMILES string of the molecule is CCC(C)N(C(=O)C1CCCCC1)C1CC(=O)N(c2ccc(C#N)cc2)C1=O. The van der Waals surface area contributed by atoms with Crippen molar-refractivity contribution in [1.82, 2.24) is 4.90 Å². The van der Waals surface area contributed by atoms with E-state index in [0.717, 1.165) is 43.4 Å². The number of benzene rings is 1. The summed E-state index contributed by atoms with van der Waals surface area (Å²) >= 11 is 0. The number of carbonyl (C=O) groups excluding carboxylic acids is 3. The van der Waals surface area contributed by atoms with Crippen LogP contribution in [0.3, 0.4) is 0 Å². The first-order valence-electron chi connectivity index (χ1n) is 10.2. The zero-order valence-corrected chi connectivity index (χ0v) is 16.6. The third kappa shape index (κ3) is 3.80. The Labute approximate surface area is 166 Å². The van der Waals surface area contributed by atoms with Gasteiger partial charge in [0.25, 0.3) is 5.91 Å². The van der Waals surface area contributed by atoms with Crippen molar-refractivity contribution in [1.29, 1.82) is 5.26 Å². The average Bonchev–Trinajstić information content (AvgIpc) is 3.02. The maximum absolute atomic E-state index is 13.3. The minimum absolute atomic E-state index is 0.0155. The first-order chi connectivity index (χ1) is 13.5. The van der Waals surface area contributed by atoms with Gasteiger partial charge in [0.2, 0.25) is 11.8 Å². The largest absolute Gasteiger partial charge is 0.327 e. The second kappa shape index (κ2) is 8.55. The maximum Gasteiger partial charge on any atom is 0.257 e. The molecule has 6 nitrogen and oxygen atoms in total. The summed E-state index contributed by atoms with van der Waals surface area (Å²) in [5.41, 5.74) is 0.916. The van der Waals surface area contributed by atoms with Crippen molar-refractivity contribution in [2.24, 2.45) is 5.92 Å². The Kier molecular flexibility index (Phi) is 6.13. The van der Waals surface area contributed by atoms with Gasteiger partial charge in [-0.1, -0.05) is 26.2 Å². The molecule has 1 heterocycles. The number of nitriles is 1. The zero-order valence-electron chi connectivity index (χ0n) is 16.6. The lowest BCUT2D eigenvalue weighted by Gasteiger charge is -2.36. The Morgan fingerprint density at radius 2 is 1.86 bits per heavy atom. The van der Waals surface area contributed by atoms with E-state index >= 15 is 0 Å². The normalized spacial score (nSPS) is 21.5. The molecule has 1 saturated heterocycles. The van der Waals surface area contributed by atoms with Gasteiger partial charge in [-0.05, 0) is 50.5 Å². The van der Waals surface area contributed by atoms with Gasteiger partial charge in [-0.2, -0.15) is 5.26 Å². The first kappa shape index (κ1) is 20.1. The molecule has 2 aliphatic rings. The van der Waals surface area contributed by atoms with Gasteiger partial charge >= 0.3 is 0 Å². The van der Waals surface area contributed by atoms with Gasteiger partial charge in [0.15, 0.2) is 0 Å². The van der Waals surface area contributed by atoms with Crippen LogP contribution in [0.4, 0.5) is 5.69 Å². The molecule has 28 heavy (non-hydrogen) atoms. The molecule has 2 atom stereocenters. The van der Waals surface area contributed by atoms with Crippen LogP contribution in [0.5, 0.6) is 0 Å². The molecule has 1 aromatic rings. The van der Waals surface area contributed by atoms with E-state index in [1.165, 1.54) is 0 Å². The number of imide groups is 1. The quantitative estimate of drug-likeness (QED) is 0.732. The lowest BCUT2D eigenvalue weighted by molar-refractivity contribution is -0.145. The molecule has 2 unspecified atom stereocenters. The molecule has 2 fully saturated rings. The summed E-state index contributed by atoms with van der Waals surface area (Å²) in [4.78, 5) is 41.9. The van der Waals surface area contributed by atoms with Gasteiger partial charge in [-0.3, -0.25) is 14.4 Å². The summed E-state index contributed by atoms with van der Waals surface area (Å²) in [6.07, 6.45) is 5.70. The lowest BCUT2D eigenvalue weighted by Crippen LogP contribution is -2.52. The van der Waals surface area contributed by atoms with Crippen molar-refractivity contribution < 1.29 is 14.4 Å². The van der Waals surface area contributed by atoms with Gasteiger partial charge < -0.3 is 4.90 Å². The summed E-state index contributed by atoms with van der Waals surface area (Å²) in [5.74, 6) is -0.680. The molecule has 0 bridgehead atoms. The van der Waals surface area contributed by atoms with Gasteiger partial charge in [0, 0.05) is 12.0 Å². The van der Waals surface area contributed by atoms with E-state index in [0.29, 0.717) is 11.3 Å². The molecule has 0 N–H and O–H groups in total. The van der Waals surface area contributed by atoms with E-state index < -0.39 is 6.04 Å². The van der Waals surface area contributed by atoms with Crippen molar-refractivity contribution >= 4 is 23.4 Å². The molecule has 6 heteroatoms. The maximum atomic E-state index is 13.3. The molecule has 0 aromatic heterocycles. The number of rotatable bonds is 5. The second-order valence-corrected chi connectivity index (χ2v) is 7.78. The van der Waals surface area contributed by atoms with Gasteiger partial charge in [0.1, 0.15) is 6.04 Å². The highest BCUT2D eigenvalue weighted by atomic mass is 16.2. The topological polar surface area (TPSA) is 81.5 Å². The predicted molar refractivity (Wildman–Crippen MR) is 105 cm³/mol. The Hall–Kier alpha value is -2.68. The number of hydrogen-bond donors (Lipinski definition) is 0. The number of anilines is 1. The van der Waals surface area contributed by atoms with Crippen LogP contribution in [0.15, 0.2) is 24.3 Å². The van der Waals surface area contributed by atoms with Crippen LogP contribution in [0.25, 0.3) is 0 Å². The Morgan fingerprint density at radius 1 is 1.21 bits per heavy atom. The molecule has 1 aromatic carbocycles. The minimum atomic E-state index is -0.743. The highest BCUT2D eigenvalue weighted by Gasteiger charge is 2.46. The van der Waals surface area contributed by atoms with Crippen LogP contribution < -0.4 is 4.90 Å². The average molecular weight is 381 g/mol. The lowest BCUT2D eigenvalue weighted by atomic mass is 9.87. The van der Waals surface area contributed by atoms with Crippen molar-refractivity contribution in [2.45, 2.75) is 70.9 Å². The summed E-state index contributed by atoms with van der Waals surface area (Å²) < 4.78 is 0. The molecule has 3 rings (SSSR count). The summed E-state index contributed by atoms with van der Waals surface area (Å²) in [5, 5.41) is 8.94. The fraction of sp³-hybridized carbons (Fsp3) is 0.545. The van der Waals surface area contributed by atoms with Crippen molar-refractivity contribution in [3.63, 3.8) is 0 Å². The molecule has 1 aliphatic heterocycles. The smallest absolute Gasteiger partial charge is 0.257 e. The van der Waals surface area contributed by atoms with Gasteiger partial charge in [-0.15, -0.1) is 0 Å². The fourth-order valence-corrected chi connectivity index (χ4v) is 4.22. The van der Waals surface area contributed by atoms with E-state index in [4.69, 9.17) is 5.26 Å². The van der Waals surface area contributed by atoms with Gasteiger partial charge in [0.05, 0.1) is 23.7 Å². The third-order valence-electron chi connectivity index (χ3n) is 5.99.